The van der Waals surface area contributed by atoms with Crippen LogP contribution in [0, 0.1) is 0 Å². The number of rotatable bonds is 28. The molecule has 0 radical (unpaired) electrons. The third kappa shape index (κ3) is 16.7. The second-order valence-corrected chi connectivity index (χ2v) is 14.4. The van der Waals surface area contributed by atoms with E-state index < -0.39 is 0 Å². The highest BCUT2D eigenvalue weighted by molar-refractivity contribution is 7.80. The lowest BCUT2D eigenvalue weighted by Gasteiger charge is -2.23. The maximum atomic E-state index is 13.6. The molecule has 1 amide bonds. The van der Waals surface area contributed by atoms with Gasteiger partial charge in [0.1, 0.15) is 5.75 Å². The fourth-order valence-corrected chi connectivity index (χ4v) is 6.76. The molecule has 0 bridgehead atoms. The Morgan fingerprint density at radius 2 is 0.857 bits per heavy atom. The maximum Gasteiger partial charge on any atom is 0.253 e. The molecule has 0 aliphatic carbocycles. The van der Waals surface area contributed by atoms with Crippen molar-refractivity contribution in [2.24, 2.45) is 0 Å². The highest BCUT2D eigenvalue weighted by atomic mass is 32.1. The average molecular weight is 686 g/mol. The second-order valence-electron chi connectivity index (χ2n) is 13.9. The van der Waals surface area contributed by atoms with E-state index in [1.165, 1.54) is 120 Å². The molecular weight excluding hydrogens is 619 g/mol. The number of hydrogen-bond acceptors (Lipinski definition) is 3. The van der Waals surface area contributed by atoms with Gasteiger partial charge in [0, 0.05) is 18.7 Å². The van der Waals surface area contributed by atoms with Crippen LogP contribution in [-0.4, -0.2) is 36.3 Å². The van der Waals surface area contributed by atoms with Gasteiger partial charge in [0.2, 0.25) is 0 Å². The zero-order valence-electron chi connectivity index (χ0n) is 31.1. The molecule has 49 heavy (non-hydrogen) atoms. The van der Waals surface area contributed by atoms with Crippen molar-refractivity contribution in [3.8, 4) is 28.0 Å². The van der Waals surface area contributed by atoms with E-state index in [9.17, 15) is 4.79 Å². The first-order chi connectivity index (χ1) is 24.2. The van der Waals surface area contributed by atoms with E-state index in [1.54, 1.807) is 0 Å². The molecule has 3 aromatic carbocycles. The normalized spacial score (nSPS) is 11.2. The molecule has 0 spiro atoms. The van der Waals surface area contributed by atoms with Crippen LogP contribution in [0.1, 0.15) is 153 Å². The van der Waals surface area contributed by atoms with Crippen LogP contribution in [0.2, 0.25) is 0 Å². The van der Waals surface area contributed by atoms with Crippen LogP contribution in [0.3, 0.4) is 0 Å². The molecule has 0 heterocycles. The number of unbranched alkanes of at least 4 members (excludes halogenated alkanes) is 17. The lowest BCUT2D eigenvalue weighted by atomic mass is 9.99. The highest BCUT2D eigenvalue weighted by Crippen LogP contribution is 2.27. The Labute approximate surface area is 306 Å². The zero-order chi connectivity index (χ0) is 34.8. The van der Waals surface area contributed by atoms with Gasteiger partial charge in [-0.2, -0.15) is 12.6 Å². The summed E-state index contributed by atoms with van der Waals surface area (Å²) in [5.41, 5.74) is 5.48. The smallest absolute Gasteiger partial charge is 0.253 e. The summed E-state index contributed by atoms with van der Waals surface area (Å²) in [4.78, 5) is 15.7. The fraction of sp³-hybridized carbons (Fsp3) is 0.578. The Bertz CT molecular complexity index is 1220. The molecule has 3 rings (SSSR count). The van der Waals surface area contributed by atoms with Crippen molar-refractivity contribution in [2.75, 3.05) is 25.4 Å². The molecule has 0 saturated carbocycles. The van der Waals surface area contributed by atoms with E-state index in [2.05, 4.69) is 92.0 Å². The molecule has 0 aromatic heterocycles. The zero-order valence-corrected chi connectivity index (χ0v) is 32.0. The van der Waals surface area contributed by atoms with E-state index in [1.807, 2.05) is 12.1 Å². The second kappa shape index (κ2) is 26.1. The standard InChI is InChI=1S/C45H67NO2S/c1-3-5-7-9-15-19-35-46(36-20-16-10-8-6-4-2)45(47)43-29-27-41(28-30-43)39-23-25-40(26-24-39)42-31-33-44(34-32-42)48-37-21-17-13-11-12-14-18-22-38-49/h23-34,49H,3-22,35-38H2,1-2H3. The van der Waals surface area contributed by atoms with Gasteiger partial charge in [-0.25, -0.2) is 0 Å². The fourth-order valence-electron chi connectivity index (χ4n) is 6.53. The Morgan fingerprint density at radius 1 is 0.490 bits per heavy atom. The Balaban J connectivity index is 1.47. The summed E-state index contributed by atoms with van der Waals surface area (Å²) in [6.45, 7) is 7.04. The van der Waals surface area contributed by atoms with Crippen molar-refractivity contribution < 1.29 is 9.53 Å². The number of amides is 1. The van der Waals surface area contributed by atoms with Crippen molar-refractivity contribution in [3.05, 3.63) is 78.4 Å². The van der Waals surface area contributed by atoms with Gasteiger partial charge in [0.05, 0.1) is 6.61 Å². The van der Waals surface area contributed by atoms with E-state index >= 15 is 0 Å². The molecule has 3 aromatic rings. The Morgan fingerprint density at radius 3 is 1.31 bits per heavy atom. The van der Waals surface area contributed by atoms with Crippen LogP contribution in [-0.2, 0) is 0 Å². The van der Waals surface area contributed by atoms with E-state index in [-0.39, 0.29) is 5.91 Å². The van der Waals surface area contributed by atoms with Crippen LogP contribution < -0.4 is 4.74 Å². The molecule has 0 saturated heterocycles. The summed E-state index contributed by atoms with van der Waals surface area (Å²) in [6, 6.07) is 25.5. The van der Waals surface area contributed by atoms with E-state index in [0.717, 1.165) is 67.2 Å². The summed E-state index contributed by atoms with van der Waals surface area (Å²) in [6.07, 6.45) is 25.2. The number of carbonyl (C=O) groups excluding carboxylic acids is 1. The first-order valence-corrected chi connectivity index (χ1v) is 20.6. The van der Waals surface area contributed by atoms with Gasteiger partial charge < -0.3 is 9.64 Å². The SMILES string of the molecule is CCCCCCCCN(CCCCCCCC)C(=O)c1ccc(-c2ccc(-c3ccc(OCCCCCCCCCCS)cc3)cc2)cc1. The van der Waals surface area contributed by atoms with Gasteiger partial charge in [-0.05, 0) is 78.0 Å². The van der Waals surface area contributed by atoms with Gasteiger partial charge in [-0.15, -0.1) is 0 Å². The number of hydrogen-bond donors (Lipinski definition) is 1. The summed E-state index contributed by atoms with van der Waals surface area (Å²) in [7, 11) is 0. The van der Waals surface area contributed by atoms with E-state index in [4.69, 9.17) is 4.74 Å². The van der Waals surface area contributed by atoms with Crippen molar-refractivity contribution in [2.45, 2.75) is 142 Å². The first-order valence-electron chi connectivity index (χ1n) is 20.0. The molecule has 0 aliphatic rings. The van der Waals surface area contributed by atoms with Crippen LogP contribution in [0.4, 0.5) is 0 Å². The molecule has 270 valence electrons. The predicted octanol–water partition coefficient (Wildman–Crippen LogP) is 13.6. The largest absolute Gasteiger partial charge is 0.494 e. The van der Waals surface area contributed by atoms with Gasteiger partial charge in [0.15, 0.2) is 0 Å². The Kier molecular flexibility index (Phi) is 21.7. The molecule has 3 nitrogen and oxygen atoms in total. The lowest BCUT2D eigenvalue weighted by Crippen LogP contribution is -2.33. The summed E-state index contributed by atoms with van der Waals surface area (Å²) in [5.74, 6) is 2.14. The van der Waals surface area contributed by atoms with Gasteiger partial charge >= 0.3 is 0 Å². The van der Waals surface area contributed by atoms with Crippen molar-refractivity contribution >= 4 is 18.5 Å². The minimum Gasteiger partial charge on any atom is -0.494 e. The van der Waals surface area contributed by atoms with E-state index in [0.29, 0.717) is 0 Å². The molecule has 0 N–H and O–H groups in total. The van der Waals surface area contributed by atoms with Crippen molar-refractivity contribution in [1.82, 2.24) is 4.90 Å². The molecule has 0 unspecified atom stereocenters. The molecule has 0 atom stereocenters. The van der Waals surface area contributed by atoms with Gasteiger partial charge in [-0.1, -0.05) is 165 Å². The molecule has 0 aliphatic heterocycles. The quantitative estimate of drug-likeness (QED) is 0.0609. The number of thiol groups is 1. The monoisotopic (exact) mass is 685 g/mol. The van der Waals surface area contributed by atoms with Gasteiger partial charge in [-0.3, -0.25) is 4.79 Å². The van der Waals surface area contributed by atoms with Crippen LogP contribution in [0.25, 0.3) is 22.3 Å². The van der Waals surface area contributed by atoms with Crippen LogP contribution in [0.5, 0.6) is 5.75 Å². The number of benzene rings is 3. The third-order valence-corrected chi connectivity index (χ3v) is 10.0. The Hall–Kier alpha value is -2.72. The molecular formula is C45H67NO2S. The summed E-state index contributed by atoms with van der Waals surface area (Å²) >= 11 is 4.29. The van der Waals surface area contributed by atoms with Gasteiger partial charge in [0.25, 0.3) is 5.91 Å². The van der Waals surface area contributed by atoms with Crippen LogP contribution >= 0.6 is 12.6 Å². The third-order valence-electron chi connectivity index (χ3n) is 9.71. The average Bonchev–Trinajstić information content (AvgIpc) is 3.14. The maximum absolute atomic E-state index is 13.6. The molecule has 0 fully saturated rings. The summed E-state index contributed by atoms with van der Waals surface area (Å²) in [5, 5.41) is 0. The van der Waals surface area contributed by atoms with Crippen LogP contribution in [0.15, 0.2) is 72.8 Å². The topological polar surface area (TPSA) is 29.5 Å². The minimum atomic E-state index is 0.183. The lowest BCUT2D eigenvalue weighted by molar-refractivity contribution is 0.0749. The van der Waals surface area contributed by atoms with Crippen molar-refractivity contribution in [1.29, 1.82) is 0 Å². The highest BCUT2D eigenvalue weighted by Gasteiger charge is 2.15. The number of carbonyl (C=O) groups is 1. The number of ether oxygens (including phenoxy) is 1. The predicted molar refractivity (Wildman–Crippen MR) is 216 cm³/mol. The van der Waals surface area contributed by atoms with Crippen molar-refractivity contribution in [3.63, 3.8) is 0 Å². The minimum absolute atomic E-state index is 0.183. The summed E-state index contributed by atoms with van der Waals surface area (Å²) < 4.78 is 6.01. The number of nitrogens with zero attached hydrogens (tertiary/aromatic N) is 1. The molecule has 4 heteroatoms. The first kappa shape index (κ1) is 40.7.